The van der Waals surface area contributed by atoms with Crippen molar-refractivity contribution in [3.63, 3.8) is 0 Å². The van der Waals surface area contributed by atoms with Crippen molar-refractivity contribution in [1.82, 2.24) is 4.98 Å². The second kappa shape index (κ2) is 6.49. The fourth-order valence-electron chi connectivity index (χ4n) is 2.02. The first-order valence-corrected chi connectivity index (χ1v) is 7.68. The minimum absolute atomic E-state index is 0.0150. The normalized spacial score (nSPS) is 11.3. The van der Waals surface area contributed by atoms with Crippen LogP contribution in [0.25, 0.3) is 0 Å². The molecule has 0 spiro atoms. The van der Waals surface area contributed by atoms with E-state index in [1.165, 1.54) is 23.9 Å². The molecule has 0 aliphatic heterocycles. The van der Waals surface area contributed by atoms with Gasteiger partial charge in [-0.05, 0) is 43.0 Å². The van der Waals surface area contributed by atoms with Crippen LogP contribution in [0.4, 0.5) is 24.7 Å². The number of nitrogens with one attached hydrogen (secondary N) is 1. The summed E-state index contributed by atoms with van der Waals surface area (Å²) in [6, 6.07) is 6.14. The number of nitrogens with zero attached hydrogens (tertiary/aromatic N) is 1. The number of hydrogen-bond donors (Lipinski definition) is 2. The van der Waals surface area contributed by atoms with Crippen molar-refractivity contribution in [2.75, 3.05) is 11.6 Å². The second-order valence-electron chi connectivity index (χ2n) is 4.71. The lowest BCUT2D eigenvalue weighted by atomic mass is 10.1. The van der Waals surface area contributed by atoms with Crippen LogP contribution in [0.1, 0.15) is 21.5 Å². The summed E-state index contributed by atoms with van der Waals surface area (Å²) in [5, 5.41) is 12.6. The van der Waals surface area contributed by atoms with Gasteiger partial charge in [-0.3, -0.25) is 0 Å². The second-order valence-corrected chi connectivity index (χ2v) is 5.54. The van der Waals surface area contributed by atoms with Gasteiger partial charge >= 0.3 is 12.1 Å². The topological polar surface area (TPSA) is 62.2 Å². The fourth-order valence-corrected chi connectivity index (χ4v) is 2.49. The summed E-state index contributed by atoms with van der Waals surface area (Å²) in [4.78, 5) is 15.5. The van der Waals surface area contributed by atoms with E-state index < -0.39 is 17.7 Å². The molecule has 8 heteroatoms. The summed E-state index contributed by atoms with van der Waals surface area (Å²) in [6.45, 7) is 1.61. The molecule has 0 amide bonds. The molecule has 1 aromatic carbocycles. The summed E-state index contributed by atoms with van der Waals surface area (Å²) >= 11 is 1.31. The smallest absolute Gasteiger partial charge is 0.416 e. The average Bonchev–Trinajstić information content (AvgIpc) is 2.45. The number of aromatic nitrogens is 1. The Morgan fingerprint density at radius 1 is 1.30 bits per heavy atom. The first-order valence-electron chi connectivity index (χ1n) is 6.45. The molecule has 0 saturated heterocycles. The maximum Gasteiger partial charge on any atom is 0.416 e. The highest BCUT2D eigenvalue weighted by molar-refractivity contribution is 7.98. The number of carboxylic acids is 1. The first kappa shape index (κ1) is 17.1. The van der Waals surface area contributed by atoms with E-state index in [1.54, 1.807) is 19.2 Å². The molecule has 0 saturated carbocycles. The van der Waals surface area contributed by atoms with Crippen LogP contribution in [0.3, 0.4) is 0 Å². The lowest BCUT2D eigenvalue weighted by molar-refractivity contribution is -0.137. The van der Waals surface area contributed by atoms with Gasteiger partial charge in [-0.1, -0.05) is 6.07 Å². The molecule has 0 atom stereocenters. The van der Waals surface area contributed by atoms with Crippen molar-refractivity contribution < 1.29 is 23.1 Å². The van der Waals surface area contributed by atoms with Gasteiger partial charge in [-0.25, -0.2) is 9.78 Å². The third kappa shape index (κ3) is 3.95. The Balaban J connectivity index is 2.47. The third-order valence-electron chi connectivity index (χ3n) is 3.07. The van der Waals surface area contributed by atoms with E-state index in [4.69, 9.17) is 0 Å². The minimum Gasteiger partial charge on any atom is -0.478 e. The Kier molecular flexibility index (Phi) is 4.84. The molecule has 4 nitrogen and oxygen atoms in total. The van der Waals surface area contributed by atoms with Crippen molar-refractivity contribution >= 4 is 29.2 Å². The molecule has 1 aromatic heterocycles. The molecule has 0 unspecified atom stereocenters. The van der Waals surface area contributed by atoms with Gasteiger partial charge < -0.3 is 10.4 Å². The van der Waals surface area contributed by atoms with Crippen molar-refractivity contribution in [1.29, 1.82) is 0 Å². The van der Waals surface area contributed by atoms with Crippen LogP contribution in [0.2, 0.25) is 0 Å². The Bertz CT molecular complexity index is 748. The Labute approximate surface area is 134 Å². The van der Waals surface area contributed by atoms with Crippen LogP contribution < -0.4 is 5.32 Å². The number of aryl methyl sites for hydroxylation is 1. The molecular formula is C15H13F3N2O2S. The molecule has 2 N–H and O–H groups in total. The van der Waals surface area contributed by atoms with Crippen LogP contribution in [-0.2, 0) is 6.18 Å². The van der Waals surface area contributed by atoms with E-state index in [0.29, 0.717) is 10.6 Å². The van der Waals surface area contributed by atoms with Crippen LogP contribution in [-0.4, -0.2) is 22.3 Å². The van der Waals surface area contributed by atoms with Crippen LogP contribution in [0.15, 0.2) is 35.4 Å². The molecule has 0 aliphatic carbocycles. The van der Waals surface area contributed by atoms with Crippen molar-refractivity contribution in [2.24, 2.45) is 0 Å². The van der Waals surface area contributed by atoms with Gasteiger partial charge in [0.2, 0.25) is 0 Å². The number of anilines is 2. The van der Waals surface area contributed by atoms with Gasteiger partial charge in [-0.2, -0.15) is 13.2 Å². The molecule has 0 radical (unpaired) electrons. The van der Waals surface area contributed by atoms with Crippen LogP contribution in [0, 0.1) is 6.92 Å². The number of benzene rings is 1. The van der Waals surface area contributed by atoms with E-state index in [2.05, 4.69) is 10.3 Å². The van der Waals surface area contributed by atoms with E-state index in [0.717, 1.165) is 12.1 Å². The summed E-state index contributed by atoms with van der Waals surface area (Å²) in [6.07, 6.45) is -2.70. The molecule has 0 aliphatic rings. The summed E-state index contributed by atoms with van der Waals surface area (Å²) < 4.78 is 38.3. The zero-order chi connectivity index (χ0) is 17.2. The number of hydrogen-bond acceptors (Lipinski definition) is 4. The maximum absolute atomic E-state index is 12.8. The number of rotatable bonds is 4. The lowest BCUT2D eigenvalue weighted by Gasteiger charge is -2.14. The Hall–Kier alpha value is -2.22. The van der Waals surface area contributed by atoms with E-state index in [1.807, 2.05) is 0 Å². The quantitative estimate of drug-likeness (QED) is 0.797. The predicted octanol–water partition coefficient (Wildman–Crippen LogP) is 4.57. The molecule has 1 heterocycles. The maximum atomic E-state index is 12.8. The van der Waals surface area contributed by atoms with Gasteiger partial charge in [0, 0.05) is 5.69 Å². The Morgan fingerprint density at radius 3 is 2.57 bits per heavy atom. The number of alkyl halides is 3. The van der Waals surface area contributed by atoms with Crippen LogP contribution >= 0.6 is 11.8 Å². The number of pyridine rings is 1. The van der Waals surface area contributed by atoms with Gasteiger partial charge in [0.25, 0.3) is 0 Å². The fraction of sp³-hybridized carbons (Fsp3) is 0.200. The standard InChI is InChI=1S/C15H13F3N2O2S/c1-8-6-11(23-2)20-13(12(8)14(21)22)19-10-5-3-4-9(7-10)15(16,17)18/h3-7H,1-2H3,(H,19,20)(H,21,22). The largest absolute Gasteiger partial charge is 0.478 e. The molecule has 23 heavy (non-hydrogen) atoms. The van der Waals surface area contributed by atoms with Crippen molar-refractivity contribution in [3.8, 4) is 0 Å². The highest BCUT2D eigenvalue weighted by Crippen LogP contribution is 2.32. The van der Waals surface area contributed by atoms with Crippen molar-refractivity contribution in [3.05, 3.63) is 47.0 Å². The van der Waals surface area contributed by atoms with E-state index >= 15 is 0 Å². The molecule has 122 valence electrons. The number of halogens is 3. The monoisotopic (exact) mass is 342 g/mol. The first-order chi connectivity index (χ1) is 10.7. The number of carbonyl (C=O) groups is 1. The molecule has 2 aromatic rings. The lowest BCUT2D eigenvalue weighted by Crippen LogP contribution is -2.09. The number of carboxylic acid groups (broad SMARTS) is 1. The third-order valence-corrected chi connectivity index (χ3v) is 3.70. The van der Waals surface area contributed by atoms with Gasteiger partial charge in [0.1, 0.15) is 11.4 Å². The molecule has 0 fully saturated rings. The van der Waals surface area contributed by atoms with Gasteiger partial charge in [-0.15, -0.1) is 11.8 Å². The number of aromatic carboxylic acids is 1. The SMILES string of the molecule is CSc1cc(C)c(C(=O)O)c(Nc2cccc(C(F)(F)F)c2)n1. The number of thioether (sulfide) groups is 1. The molecule has 2 rings (SSSR count). The zero-order valence-electron chi connectivity index (χ0n) is 12.2. The van der Waals surface area contributed by atoms with Gasteiger partial charge in [0.15, 0.2) is 0 Å². The predicted molar refractivity (Wildman–Crippen MR) is 82.4 cm³/mol. The summed E-state index contributed by atoms with van der Waals surface area (Å²) in [7, 11) is 0. The van der Waals surface area contributed by atoms with E-state index in [9.17, 15) is 23.1 Å². The van der Waals surface area contributed by atoms with E-state index in [-0.39, 0.29) is 17.1 Å². The zero-order valence-corrected chi connectivity index (χ0v) is 13.0. The van der Waals surface area contributed by atoms with Crippen LogP contribution in [0.5, 0.6) is 0 Å². The molecular weight excluding hydrogens is 329 g/mol. The average molecular weight is 342 g/mol. The highest BCUT2D eigenvalue weighted by atomic mass is 32.2. The summed E-state index contributed by atoms with van der Waals surface area (Å²) in [5.41, 5.74) is -0.295. The molecule has 0 bridgehead atoms. The Morgan fingerprint density at radius 2 is 2.00 bits per heavy atom. The van der Waals surface area contributed by atoms with Crippen molar-refractivity contribution in [2.45, 2.75) is 18.1 Å². The highest BCUT2D eigenvalue weighted by Gasteiger charge is 2.30. The minimum atomic E-state index is -4.47. The summed E-state index contributed by atoms with van der Waals surface area (Å²) in [5.74, 6) is -1.18. The van der Waals surface area contributed by atoms with Gasteiger partial charge in [0.05, 0.1) is 10.6 Å².